The number of rotatable bonds is 6. The molecule has 0 amide bonds. The average Bonchev–Trinajstić information content (AvgIpc) is 3.13. The lowest BCUT2D eigenvalue weighted by atomic mass is 10.1. The fourth-order valence-corrected chi connectivity index (χ4v) is 3.34. The SMILES string of the molecule is Cc1cc(-c2cc3cc(OCC(=O)OC(C)(C)C)ccc3o2)c2ncc(OC(F)F)nc2c1. The minimum absolute atomic E-state index is 0.214. The molecule has 0 aliphatic rings. The zero-order valence-electron chi connectivity index (χ0n) is 18.5. The molecule has 0 N–H and O–H groups in total. The third-order valence-electron chi connectivity index (χ3n) is 4.51. The van der Waals surface area contributed by atoms with Crippen molar-refractivity contribution in [3.63, 3.8) is 0 Å². The molecular formula is C24H22F2N2O5. The van der Waals surface area contributed by atoms with Crippen molar-refractivity contribution in [2.45, 2.75) is 39.9 Å². The number of carbonyl (C=O) groups excluding carboxylic acids is 1. The molecule has 2 aromatic carbocycles. The Labute approximate surface area is 188 Å². The second-order valence-electron chi connectivity index (χ2n) is 8.45. The van der Waals surface area contributed by atoms with E-state index >= 15 is 0 Å². The van der Waals surface area contributed by atoms with Crippen LogP contribution in [0.5, 0.6) is 11.6 Å². The maximum atomic E-state index is 12.5. The topological polar surface area (TPSA) is 83.7 Å². The molecule has 0 saturated heterocycles. The Morgan fingerprint density at radius 2 is 1.94 bits per heavy atom. The quantitative estimate of drug-likeness (QED) is 0.346. The van der Waals surface area contributed by atoms with Gasteiger partial charge in [-0.1, -0.05) is 0 Å². The van der Waals surface area contributed by atoms with Gasteiger partial charge in [-0.05, 0) is 69.7 Å². The van der Waals surface area contributed by atoms with E-state index in [4.69, 9.17) is 13.9 Å². The number of hydrogen-bond donors (Lipinski definition) is 0. The van der Waals surface area contributed by atoms with E-state index in [1.165, 1.54) is 0 Å². The van der Waals surface area contributed by atoms with Crippen molar-refractivity contribution in [3.05, 3.63) is 48.2 Å². The van der Waals surface area contributed by atoms with Crippen LogP contribution in [-0.4, -0.2) is 34.8 Å². The lowest BCUT2D eigenvalue weighted by Gasteiger charge is -2.19. The predicted molar refractivity (Wildman–Crippen MR) is 117 cm³/mol. The highest BCUT2D eigenvalue weighted by Gasteiger charge is 2.18. The zero-order valence-corrected chi connectivity index (χ0v) is 18.5. The number of aryl methyl sites for hydroxylation is 1. The first-order valence-corrected chi connectivity index (χ1v) is 10.2. The van der Waals surface area contributed by atoms with Crippen LogP contribution in [0, 0.1) is 6.92 Å². The third kappa shape index (κ3) is 5.36. The minimum atomic E-state index is -2.98. The summed E-state index contributed by atoms with van der Waals surface area (Å²) in [7, 11) is 0. The van der Waals surface area contributed by atoms with Crippen LogP contribution in [0.15, 0.2) is 47.0 Å². The number of aromatic nitrogens is 2. The molecule has 0 atom stereocenters. The summed E-state index contributed by atoms with van der Waals surface area (Å²) in [6.07, 6.45) is 1.15. The van der Waals surface area contributed by atoms with Gasteiger partial charge >= 0.3 is 12.6 Å². The molecule has 33 heavy (non-hydrogen) atoms. The van der Waals surface area contributed by atoms with Crippen LogP contribution in [0.4, 0.5) is 8.78 Å². The number of hydrogen-bond acceptors (Lipinski definition) is 7. The van der Waals surface area contributed by atoms with Crippen molar-refractivity contribution >= 4 is 28.0 Å². The predicted octanol–water partition coefficient (Wildman–Crippen LogP) is 5.67. The largest absolute Gasteiger partial charge is 0.482 e. The van der Waals surface area contributed by atoms with Crippen LogP contribution in [0.25, 0.3) is 33.3 Å². The van der Waals surface area contributed by atoms with Gasteiger partial charge in [-0.25, -0.2) is 14.8 Å². The normalized spacial score (nSPS) is 11.8. The number of alkyl halides is 2. The monoisotopic (exact) mass is 456 g/mol. The number of nitrogens with zero attached hydrogens (tertiary/aromatic N) is 2. The standard InChI is InChI=1S/C24H22F2N2O5/c1-13-7-16(22-17(8-13)28-20(11-27-22)32-23(25)26)19-10-14-9-15(5-6-18(14)31-19)30-12-21(29)33-24(2,3)4/h5-11,23H,12H2,1-4H3. The molecule has 7 nitrogen and oxygen atoms in total. The van der Waals surface area contributed by atoms with Gasteiger partial charge in [0.05, 0.1) is 17.2 Å². The van der Waals surface area contributed by atoms with Gasteiger partial charge in [0.2, 0.25) is 5.88 Å². The molecule has 0 fully saturated rings. The number of ether oxygens (including phenoxy) is 3. The molecule has 4 rings (SSSR count). The number of fused-ring (bicyclic) bond motifs is 2. The van der Waals surface area contributed by atoms with Gasteiger partial charge in [-0.15, -0.1) is 0 Å². The van der Waals surface area contributed by atoms with Crippen LogP contribution in [0.3, 0.4) is 0 Å². The fraction of sp³-hybridized carbons (Fsp3) is 0.292. The van der Waals surface area contributed by atoms with Crippen molar-refractivity contribution in [2.24, 2.45) is 0 Å². The number of benzene rings is 2. The first kappa shape index (κ1) is 22.4. The van der Waals surface area contributed by atoms with E-state index in [0.717, 1.165) is 17.1 Å². The maximum absolute atomic E-state index is 12.5. The summed E-state index contributed by atoms with van der Waals surface area (Å²) in [5.74, 6) is 0.295. The Kier molecular flexibility index (Phi) is 5.88. The summed E-state index contributed by atoms with van der Waals surface area (Å²) in [5.41, 5.74) is 2.43. The molecule has 0 bridgehead atoms. The molecule has 172 valence electrons. The molecule has 4 aromatic rings. The maximum Gasteiger partial charge on any atom is 0.388 e. The molecule has 2 heterocycles. The van der Waals surface area contributed by atoms with Gasteiger partial charge in [0.25, 0.3) is 0 Å². The number of esters is 1. The van der Waals surface area contributed by atoms with Crippen LogP contribution in [0.2, 0.25) is 0 Å². The molecule has 9 heteroatoms. The molecular weight excluding hydrogens is 434 g/mol. The summed E-state index contributed by atoms with van der Waals surface area (Å²) in [4.78, 5) is 20.3. The summed E-state index contributed by atoms with van der Waals surface area (Å²) in [5, 5.41) is 0.756. The second-order valence-corrected chi connectivity index (χ2v) is 8.45. The summed E-state index contributed by atoms with van der Waals surface area (Å²) >= 11 is 0. The second kappa shape index (κ2) is 8.65. The molecule has 0 aliphatic heterocycles. The van der Waals surface area contributed by atoms with Crippen molar-refractivity contribution < 1.29 is 32.2 Å². The van der Waals surface area contributed by atoms with E-state index < -0.39 is 18.2 Å². The Morgan fingerprint density at radius 3 is 2.67 bits per heavy atom. The van der Waals surface area contributed by atoms with Gasteiger partial charge in [0.15, 0.2) is 6.61 Å². The lowest BCUT2D eigenvalue weighted by Crippen LogP contribution is -2.27. The Hall–Kier alpha value is -3.75. The summed E-state index contributed by atoms with van der Waals surface area (Å²) in [6, 6.07) is 10.6. The molecule has 2 aromatic heterocycles. The smallest absolute Gasteiger partial charge is 0.388 e. The molecule has 0 saturated carbocycles. The number of carbonyl (C=O) groups is 1. The van der Waals surface area contributed by atoms with E-state index in [-0.39, 0.29) is 12.5 Å². The lowest BCUT2D eigenvalue weighted by molar-refractivity contribution is -0.157. The highest BCUT2D eigenvalue weighted by molar-refractivity contribution is 5.94. The minimum Gasteiger partial charge on any atom is -0.482 e. The van der Waals surface area contributed by atoms with Crippen molar-refractivity contribution in [3.8, 4) is 23.0 Å². The Balaban J connectivity index is 1.63. The molecule has 0 radical (unpaired) electrons. The third-order valence-corrected chi connectivity index (χ3v) is 4.51. The van der Waals surface area contributed by atoms with Crippen LogP contribution >= 0.6 is 0 Å². The van der Waals surface area contributed by atoms with E-state index in [2.05, 4.69) is 14.7 Å². The number of halogens is 2. The van der Waals surface area contributed by atoms with Crippen LogP contribution in [0.1, 0.15) is 26.3 Å². The molecule has 0 aliphatic carbocycles. The van der Waals surface area contributed by atoms with Gasteiger partial charge in [0.1, 0.15) is 22.7 Å². The molecule has 0 spiro atoms. The first-order valence-electron chi connectivity index (χ1n) is 10.2. The van der Waals surface area contributed by atoms with Crippen molar-refractivity contribution in [1.82, 2.24) is 9.97 Å². The Morgan fingerprint density at radius 1 is 1.15 bits per heavy atom. The highest BCUT2D eigenvalue weighted by atomic mass is 19.3. The van der Waals surface area contributed by atoms with Gasteiger partial charge in [-0.2, -0.15) is 8.78 Å². The summed E-state index contributed by atoms with van der Waals surface area (Å²) in [6.45, 7) is 4.02. The Bertz CT molecular complexity index is 1330. The van der Waals surface area contributed by atoms with E-state index in [0.29, 0.717) is 33.7 Å². The van der Waals surface area contributed by atoms with Crippen molar-refractivity contribution in [1.29, 1.82) is 0 Å². The van der Waals surface area contributed by atoms with E-state index in [1.807, 2.05) is 19.1 Å². The van der Waals surface area contributed by atoms with Crippen LogP contribution in [-0.2, 0) is 9.53 Å². The van der Waals surface area contributed by atoms with Gasteiger partial charge < -0.3 is 18.6 Å². The van der Waals surface area contributed by atoms with E-state index in [9.17, 15) is 13.6 Å². The first-order chi connectivity index (χ1) is 15.6. The van der Waals surface area contributed by atoms with Gasteiger partial charge in [-0.3, -0.25) is 0 Å². The zero-order chi connectivity index (χ0) is 23.8. The average molecular weight is 456 g/mol. The summed E-state index contributed by atoms with van der Waals surface area (Å²) < 4.78 is 46.2. The number of furan rings is 1. The highest BCUT2D eigenvalue weighted by Crippen LogP contribution is 2.34. The van der Waals surface area contributed by atoms with Gasteiger partial charge in [0, 0.05) is 10.9 Å². The molecule has 0 unspecified atom stereocenters. The fourth-order valence-electron chi connectivity index (χ4n) is 3.34. The van der Waals surface area contributed by atoms with E-state index in [1.54, 1.807) is 45.0 Å². The van der Waals surface area contributed by atoms with Crippen molar-refractivity contribution in [2.75, 3.05) is 6.61 Å². The van der Waals surface area contributed by atoms with Crippen LogP contribution < -0.4 is 9.47 Å².